The lowest BCUT2D eigenvalue weighted by Crippen LogP contribution is -2.31. The monoisotopic (exact) mass is 413 g/mol. The molecule has 2 heterocycles. The SMILES string of the molecule is Cc1nc(-c2nnn(C)c2CN=[N+]=[N-])ccc1O[C@H]1CCC[C@H](C(=O)OC(C)C)C1. The van der Waals surface area contributed by atoms with Crippen LogP contribution in [0.15, 0.2) is 17.2 Å². The number of carbonyl (C=O) groups excluding carboxylic acids is 1. The zero-order valence-corrected chi connectivity index (χ0v) is 17.8. The Hall–Kier alpha value is -3.13. The molecule has 10 nitrogen and oxygen atoms in total. The van der Waals surface area contributed by atoms with Crippen molar-refractivity contribution in [3.8, 4) is 17.1 Å². The summed E-state index contributed by atoms with van der Waals surface area (Å²) in [4.78, 5) is 19.7. The molecule has 3 rings (SSSR count). The second-order valence-electron chi connectivity index (χ2n) is 7.77. The largest absolute Gasteiger partial charge is 0.489 e. The third-order valence-electron chi connectivity index (χ3n) is 5.11. The second-order valence-corrected chi connectivity index (χ2v) is 7.77. The van der Waals surface area contributed by atoms with E-state index in [4.69, 9.17) is 15.0 Å². The number of rotatable bonds is 7. The van der Waals surface area contributed by atoms with Crippen molar-refractivity contribution in [3.63, 3.8) is 0 Å². The maximum atomic E-state index is 12.2. The lowest BCUT2D eigenvalue weighted by molar-refractivity contribution is -0.154. The Balaban J connectivity index is 1.72. The van der Waals surface area contributed by atoms with Crippen LogP contribution < -0.4 is 4.74 Å². The molecule has 1 saturated carbocycles. The van der Waals surface area contributed by atoms with Gasteiger partial charge in [0.15, 0.2) is 0 Å². The van der Waals surface area contributed by atoms with E-state index in [1.54, 1.807) is 11.7 Å². The number of aryl methyl sites for hydroxylation is 2. The van der Waals surface area contributed by atoms with Gasteiger partial charge in [0.1, 0.15) is 11.4 Å². The molecule has 0 unspecified atom stereocenters. The first kappa shape index (κ1) is 21.6. The van der Waals surface area contributed by atoms with E-state index in [1.165, 1.54) is 0 Å². The van der Waals surface area contributed by atoms with Crippen LogP contribution in [0, 0.1) is 12.8 Å². The number of aromatic nitrogens is 4. The lowest BCUT2D eigenvalue weighted by Gasteiger charge is -2.29. The van der Waals surface area contributed by atoms with Crippen LogP contribution in [0.1, 0.15) is 50.9 Å². The molecule has 1 aliphatic carbocycles. The van der Waals surface area contributed by atoms with Gasteiger partial charge in [-0.2, -0.15) is 0 Å². The summed E-state index contributed by atoms with van der Waals surface area (Å²) in [5.41, 5.74) is 11.2. The van der Waals surface area contributed by atoms with Crippen molar-refractivity contribution in [1.29, 1.82) is 0 Å². The maximum Gasteiger partial charge on any atom is 0.309 e. The number of azide groups is 1. The number of hydrogen-bond acceptors (Lipinski definition) is 7. The van der Waals surface area contributed by atoms with Gasteiger partial charge in [0.25, 0.3) is 0 Å². The van der Waals surface area contributed by atoms with Gasteiger partial charge in [0.2, 0.25) is 0 Å². The number of hydrogen-bond donors (Lipinski definition) is 0. The molecular weight excluding hydrogens is 386 g/mol. The van der Waals surface area contributed by atoms with Crippen LogP contribution in [-0.2, 0) is 23.1 Å². The topological polar surface area (TPSA) is 128 Å². The number of ether oxygens (including phenoxy) is 2. The molecule has 2 aromatic heterocycles. The standard InChI is InChI=1S/C20H27N7O3/c1-12(2)29-20(28)14-6-5-7-15(10-14)30-18-9-8-16(23-13(18)3)19-17(11-22-25-21)27(4)26-24-19/h8-9,12,14-15H,5-7,10-11H2,1-4H3/t14-,15-/m0/s1. The van der Waals surface area contributed by atoms with Crippen LogP contribution in [0.3, 0.4) is 0 Å². The van der Waals surface area contributed by atoms with Crippen LogP contribution in [0.2, 0.25) is 0 Å². The minimum absolute atomic E-state index is 0.0492. The highest BCUT2D eigenvalue weighted by Crippen LogP contribution is 2.31. The second kappa shape index (κ2) is 9.58. The van der Waals surface area contributed by atoms with Crippen LogP contribution in [0.4, 0.5) is 0 Å². The predicted octanol–water partition coefficient (Wildman–Crippen LogP) is 3.89. The molecule has 0 aromatic carbocycles. The Labute approximate surface area is 175 Å². The van der Waals surface area contributed by atoms with Crippen molar-refractivity contribution in [2.24, 2.45) is 18.1 Å². The first-order chi connectivity index (χ1) is 14.4. The van der Waals surface area contributed by atoms with Crippen molar-refractivity contribution in [2.45, 2.75) is 65.2 Å². The van der Waals surface area contributed by atoms with Gasteiger partial charge in [-0.05, 0) is 64.1 Å². The van der Waals surface area contributed by atoms with Gasteiger partial charge in [-0.25, -0.2) is 4.98 Å². The van der Waals surface area contributed by atoms with Crippen LogP contribution in [0.25, 0.3) is 21.8 Å². The summed E-state index contributed by atoms with van der Waals surface area (Å²) in [6, 6.07) is 3.68. The fourth-order valence-corrected chi connectivity index (χ4v) is 3.63. The molecule has 0 radical (unpaired) electrons. The molecule has 30 heavy (non-hydrogen) atoms. The third-order valence-corrected chi connectivity index (χ3v) is 5.11. The highest BCUT2D eigenvalue weighted by atomic mass is 16.5. The third kappa shape index (κ3) is 5.07. The van der Waals surface area contributed by atoms with Gasteiger partial charge >= 0.3 is 5.97 Å². The van der Waals surface area contributed by atoms with Gasteiger partial charge < -0.3 is 9.47 Å². The summed E-state index contributed by atoms with van der Waals surface area (Å²) < 4.78 is 13.1. The van der Waals surface area contributed by atoms with Crippen molar-refractivity contribution < 1.29 is 14.3 Å². The first-order valence-corrected chi connectivity index (χ1v) is 10.1. The van der Waals surface area contributed by atoms with Gasteiger partial charge in [0, 0.05) is 12.0 Å². The van der Waals surface area contributed by atoms with E-state index in [-0.39, 0.29) is 30.6 Å². The summed E-state index contributed by atoms with van der Waals surface area (Å²) in [7, 11) is 1.74. The minimum atomic E-state index is -0.140. The minimum Gasteiger partial charge on any atom is -0.489 e. The maximum absolute atomic E-state index is 12.2. The van der Waals surface area contributed by atoms with E-state index in [9.17, 15) is 4.79 Å². The van der Waals surface area contributed by atoms with Crippen LogP contribution in [-0.4, -0.2) is 38.2 Å². The smallest absolute Gasteiger partial charge is 0.309 e. The molecule has 1 aliphatic rings. The Morgan fingerprint density at radius 1 is 1.40 bits per heavy atom. The molecule has 0 N–H and O–H groups in total. The molecule has 10 heteroatoms. The van der Waals surface area contributed by atoms with Crippen molar-refractivity contribution >= 4 is 5.97 Å². The molecule has 0 bridgehead atoms. The molecule has 0 aliphatic heterocycles. The first-order valence-electron chi connectivity index (χ1n) is 10.1. The summed E-state index contributed by atoms with van der Waals surface area (Å²) >= 11 is 0. The average Bonchev–Trinajstić information content (AvgIpc) is 3.08. The van der Waals surface area contributed by atoms with Gasteiger partial charge in [-0.15, -0.1) is 5.10 Å². The number of nitrogens with zero attached hydrogens (tertiary/aromatic N) is 7. The van der Waals surface area contributed by atoms with Crippen molar-refractivity contribution in [3.05, 3.63) is 34.0 Å². The van der Waals surface area contributed by atoms with Gasteiger partial charge in [-0.3, -0.25) is 9.48 Å². The summed E-state index contributed by atoms with van der Waals surface area (Å²) in [6.07, 6.45) is 3.15. The number of esters is 1. The summed E-state index contributed by atoms with van der Waals surface area (Å²) in [6.45, 7) is 5.74. The molecule has 0 saturated heterocycles. The molecular formula is C20H27N7O3. The van der Waals surface area contributed by atoms with E-state index in [1.807, 2.05) is 32.9 Å². The highest BCUT2D eigenvalue weighted by molar-refractivity contribution is 5.72. The van der Waals surface area contributed by atoms with Gasteiger partial charge in [0.05, 0.1) is 41.8 Å². The van der Waals surface area contributed by atoms with E-state index >= 15 is 0 Å². The number of carbonyl (C=O) groups is 1. The zero-order valence-electron chi connectivity index (χ0n) is 17.8. The predicted molar refractivity (Wildman–Crippen MR) is 109 cm³/mol. The van der Waals surface area contributed by atoms with Crippen molar-refractivity contribution in [1.82, 2.24) is 20.0 Å². The highest BCUT2D eigenvalue weighted by Gasteiger charge is 2.30. The summed E-state index contributed by atoms with van der Waals surface area (Å²) in [5.74, 6) is 0.419. The fourth-order valence-electron chi connectivity index (χ4n) is 3.63. The quantitative estimate of drug-likeness (QED) is 0.293. The molecule has 0 spiro atoms. The van der Waals surface area contributed by atoms with Gasteiger partial charge in [-0.1, -0.05) is 10.3 Å². The van der Waals surface area contributed by atoms with E-state index in [2.05, 4.69) is 25.3 Å². The van der Waals surface area contributed by atoms with E-state index in [0.29, 0.717) is 29.3 Å². The Morgan fingerprint density at radius 2 is 2.20 bits per heavy atom. The number of pyridine rings is 1. The fraction of sp³-hybridized carbons (Fsp3) is 0.600. The normalized spacial score (nSPS) is 18.7. The molecule has 160 valence electrons. The van der Waals surface area contributed by atoms with Crippen molar-refractivity contribution in [2.75, 3.05) is 0 Å². The zero-order chi connectivity index (χ0) is 21.7. The average molecular weight is 413 g/mol. The summed E-state index contributed by atoms with van der Waals surface area (Å²) in [5, 5.41) is 11.8. The van der Waals surface area contributed by atoms with Crippen LogP contribution in [0.5, 0.6) is 5.75 Å². The van der Waals surface area contributed by atoms with E-state index in [0.717, 1.165) is 25.0 Å². The Kier molecular flexibility index (Phi) is 6.89. The molecule has 0 amide bonds. The molecule has 2 aromatic rings. The van der Waals surface area contributed by atoms with Crippen LogP contribution >= 0.6 is 0 Å². The Morgan fingerprint density at radius 3 is 2.90 bits per heavy atom. The molecule has 1 fully saturated rings. The molecule has 2 atom stereocenters. The Bertz CT molecular complexity index is 950. The van der Waals surface area contributed by atoms with E-state index < -0.39 is 0 Å². The lowest BCUT2D eigenvalue weighted by atomic mass is 9.87.